The van der Waals surface area contributed by atoms with Crippen LogP contribution >= 0.6 is 0 Å². The molecule has 0 N–H and O–H groups in total. The number of anilines is 1. The van der Waals surface area contributed by atoms with Crippen LogP contribution in [0.2, 0.25) is 0 Å². The zero-order chi connectivity index (χ0) is 25.2. The van der Waals surface area contributed by atoms with Gasteiger partial charge < -0.3 is 9.64 Å². The second-order valence-electron chi connectivity index (χ2n) is 7.88. The van der Waals surface area contributed by atoms with E-state index in [2.05, 4.69) is 33.1 Å². The summed E-state index contributed by atoms with van der Waals surface area (Å²) < 4.78 is 5.14. The molecule has 0 fully saturated rings. The van der Waals surface area contributed by atoms with E-state index >= 15 is 0 Å². The third-order valence-corrected chi connectivity index (χ3v) is 5.03. The molecular weight excluding hydrogens is 440 g/mol. The van der Waals surface area contributed by atoms with Gasteiger partial charge in [0, 0.05) is 18.3 Å². The SMILES string of the molecule is C=C(C)C(=O)OCCN(C)c1ccc(N=Nc2ccc(N=Nc3ccc(C#N)cc3)cc2C)cc1. The molecule has 0 spiro atoms. The number of carbonyl (C=O) groups excluding carboxylic acids is 1. The summed E-state index contributed by atoms with van der Waals surface area (Å²) in [6.07, 6.45) is 0. The average Bonchev–Trinajstić information content (AvgIpc) is 2.87. The van der Waals surface area contributed by atoms with Crippen LogP contribution in [0.3, 0.4) is 0 Å². The van der Waals surface area contributed by atoms with Crippen LogP contribution in [0.4, 0.5) is 28.4 Å². The molecule has 0 unspecified atom stereocenters. The molecule has 8 nitrogen and oxygen atoms in total. The van der Waals surface area contributed by atoms with Gasteiger partial charge in [0.25, 0.3) is 0 Å². The van der Waals surface area contributed by atoms with Crippen molar-refractivity contribution < 1.29 is 9.53 Å². The van der Waals surface area contributed by atoms with Crippen LogP contribution in [0, 0.1) is 18.3 Å². The number of rotatable bonds is 9. The molecule has 3 aromatic rings. The fraction of sp³-hybridized carbons (Fsp3) is 0.185. The van der Waals surface area contributed by atoms with Crippen molar-refractivity contribution in [3.05, 3.63) is 90.0 Å². The molecule has 0 aliphatic heterocycles. The van der Waals surface area contributed by atoms with Gasteiger partial charge in [-0.1, -0.05) is 6.58 Å². The predicted octanol–water partition coefficient (Wildman–Crippen LogP) is 7.25. The molecule has 0 aromatic heterocycles. The summed E-state index contributed by atoms with van der Waals surface area (Å²) >= 11 is 0. The molecule has 0 radical (unpaired) electrons. The molecule has 0 bridgehead atoms. The van der Waals surface area contributed by atoms with Crippen LogP contribution in [-0.2, 0) is 9.53 Å². The lowest BCUT2D eigenvalue weighted by molar-refractivity contribution is -0.138. The van der Waals surface area contributed by atoms with Crippen LogP contribution in [-0.4, -0.2) is 26.2 Å². The molecule has 0 aliphatic rings. The number of hydrogen-bond donors (Lipinski definition) is 0. The van der Waals surface area contributed by atoms with Crippen LogP contribution in [0.15, 0.2) is 99.3 Å². The van der Waals surface area contributed by atoms with E-state index in [0.717, 1.165) is 22.6 Å². The number of benzene rings is 3. The lowest BCUT2D eigenvalue weighted by Crippen LogP contribution is -2.23. The number of ether oxygens (including phenoxy) is 1. The maximum Gasteiger partial charge on any atom is 0.333 e. The zero-order valence-electron chi connectivity index (χ0n) is 20.0. The Morgan fingerprint density at radius 3 is 2.11 bits per heavy atom. The van der Waals surface area contributed by atoms with Gasteiger partial charge in [0.1, 0.15) is 6.61 Å². The highest BCUT2D eigenvalue weighted by Gasteiger charge is 2.06. The molecular formula is C27H26N6O2. The summed E-state index contributed by atoms with van der Waals surface area (Å²) in [6, 6.07) is 22.2. The Morgan fingerprint density at radius 1 is 0.943 bits per heavy atom. The van der Waals surface area contributed by atoms with Crippen molar-refractivity contribution in [2.24, 2.45) is 20.5 Å². The summed E-state index contributed by atoms with van der Waals surface area (Å²) in [6.45, 7) is 7.98. The highest BCUT2D eigenvalue weighted by Crippen LogP contribution is 2.28. The topological polar surface area (TPSA) is 103 Å². The van der Waals surface area contributed by atoms with Gasteiger partial charge in [-0.15, -0.1) is 0 Å². The summed E-state index contributed by atoms with van der Waals surface area (Å²) in [5.74, 6) is -0.383. The molecule has 176 valence electrons. The number of hydrogen-bond acceptors (Lipinski definition) is 8. The summed E-state index contributed by atoms with van der Waals surface area (Å²) in [4.78, 5) is 13.5. The van der Waals surface area contributed by atoms with Crippen molar-refractivity contribution in [1.29, 1.82) is 5.26 Å². The fourth-order valence-corrected chi connectivity index (χ4v) is 2.95. The van der Waals surface area contributed by atoms with Gasteiger partial charge in [-0.05, 0) is 86.1 Å². The average molecular weight is 467 g/mol. The van der Waals surface area contributed by atoms with Crippen molar-refractivity contribution in [3.63, 3.8) is 0 Å². The Labute approximate surface area is 204 Å². The number of nitriles is 1. The standard InChI is InChI=1S/C27H26N6O2/c1-19(2)27(34)35-16-15-33(4)25-12-9-23(10-13-25)30-32-26-14-11-24(17-20(26)3)31-29-22-7-5-21(18-28)6-8-22/h5-14,17H,1,15-16H2,2-4H3. The van der Waals surface area contributed by atoms with E-state index in [1.54, 1.807) is 31.2 Å². The van der Waals surface area contributed by atoms with E-state index in [1.807, 2.05) is 61.3 Å². The molecule has 0 saturated heterocycles. The van der Waals surface area contributed by atoms with Crippen molar-refractivity contribution in [2.75, 3.05) is 25.1 Å². The van der Waals surface area contributed by atoms with Crippen molar-refractivity contribution in [1.82, 2.24) is 0 Å². The van der Waals surface area contributed by atoms with Crippen LogP contribution in [0.25, 0.3) is 0 Å². The number of nitrogens with zero attached hydrogens (tertiary/aromatic N) is 6. The minimum Gasteiger partial charge on any atom is -0.460 e. The van der Waals surface area contributed by atoms with Crippen molar-refractivity contribution in [2.45, 2.75) is 13.8 Å². The number of carbonyl (C=O) groups is 1. The van der Waals surface area contributed by atoms with Crippen molar-refractivity contribution >= 4 is 34.4 Å². The number of azo groups is 2. The molecule has 35 heavy (non-hydrogen) atoms. The first-order valence-corrected chi connectivity index (χ1v) is 10.9. The first-order chi connectivity index (χ1) is 16.9. The first kappa shape index (κ1) is 25.0. The molecule has 0 saturated carbocycles. The van der Waals surface area contributed by atoms with Gasteiger partial charge in [-0.25, -0.2) is 4.79 Å². The second kappa shape index (κ2) is 12.0. The smallest absolute Gasteiger partial charge is 0.333 e. The highest BCUT2D eigenvalue weighted by molar-refractivity contribution is 5.86. The van der Waals surface area contributed by atoms with E-state index in [-0.39, 0.29) is 12.6 Å². The van der Waals surface area contributed by atoms with E-state index in [0.29, 0.717) is 29.1 Å². The lowest BCUT2D eigenvalue weighted by atomic mass is 10.2. The molecule has 0 atom stereocenters. The van der Waals surface area contributed by atoms with Gasteiger partial charge in [0.05, 0.1) is 40.9 Å². The molecule has 8 heteroatoms. The van der Waals surface area contributed by atoms with Gasteiger partial charge in [0.15, 0.2) is 0 Å². The van der Waals surface area contributed by atoms with E-state index < -0.39 is 0 Å². The van der Waals surface area contributed by atoms with Crippen LogP contribution < -0.4 is 4.90 Å². The maximum absolute atomic E-state index is 11.5. The van der Waals surface area contributed by atoms with Gasteiger partial charge in [-0.3, -0.25) is 0 Å². The number of esters is 1. The van der Waals surface area contributed by atoms with Gasteiger partial charge in [-0.2, -0.15) is 25.7 Å². The second-order valence-corrected chi connectivity index (χ2v) is 7.88. The normalized spacial score (nSPS) is 10.9. The summed E-state index contributed by atoms with van der Waals surface area (Å²) in [7, 11) is 1.93. The Bertz CT molecular complexity index is 1290. The summed E-state index contributed by atoms with van der Waals surface area (Å²) in [5.41, 5.74) is 5.70. The van der Waals surface area contributed by atoms with Crippen molar-refractivity contribution in [3.8, 4) is 6.07 Å². The Hall–Kier alpha value is -4.64. The largest absolute Gasteiger partial charge is 0.460 e. The molecule has 0 amide bonds. The van der Waals surface area contributed by atoms with Gasteiger partial charge >= 0.3 is 5.97 Å². The zero-order valence-corrected chi connectivity index (χ0v) is 20.0. The minimum atomic E-state index is -0.383. The monoisotopic (exact) mass is 466 g/mol. The fourth-order valence-electron chi connectivity index (χ4n) is 2.95. The Morgan fingerprint density at radius 2 is 1.51 bits per heavy atom. The number of aryl methyl sites for hydroxylation is 1. The summed E-state index contributed by atoms with van der Waals surface area (Å²) in [5, 5.41) is 26.0. The van der Waals surface area contributed by atoms with Gasteiger partial charge in [0.2, 0.25) is 0 Å². The van der Waals surface area contributed by atoms with E-state index in [9.17, 15) is 4.79 Å². The molecule has 3 rings (SSSR count). The quantitative estimate of drug-likeness (QED) is 0.188. The van der Waals surface area contributed by atoms with Crippen LogP contribution in [0.1, 0.15) is 18.1 Å². The van der Waals surface area contributed by atoms with E-state index in [1.165, 1.54) is 0 Å². The first-order valence-electron chi connectivity index (χ1n) is 10.9. The molecule has 3 aromatic carbocycles. The third kappa shape index (κ3) is 7.44. The van der Waals surface area contributed by atoms with Crippen LogP contribution in [0.5, 0.6) is 0 Å². The maximum atomic E-state index is 11.5. The molecule has 0 aliphatic carbocycles. The molecule has 0 heterocycles. The Balaban J connectivity index is 1.58. The lowest BCUT2D eigenvalue weighted by Gasteiger charge is -2.19. The minimum absolute atomic E-state index is 0.284. The predicted molar refractivity (Wildman–Crippen MR) is 136 cm³/mol. The highest BCUT2D eigenvalue weighted by atomic mass is 16.5. The Kier molecular flexibility index (Phi) is 8.57. The number of likely N-dealkylation sites (N-methyl/N-ethyl adjacent to an activating group) is 1. The van der Waals surface area contributed by atoms with E-state index in [4.69, 9.17) is 10.00 Å². The third-order valence-electron chi connectivity index (χ3n) is 5.03.